The first-order valence-electron chi connectivity index (χ1n) is 9.98. The Labute approximate surface area is 195 Å². The Hall–Kier alpha value is -2.75. The Kier molecular flexibility index (Phi) is 9.37. The van der Waals surface area contributed by atoms with Crippen LogP contribution in [0.25, 0.3) is 5.57 Å². The van der Waals surface area contributed by atoms with Gasteiger partial charge in [-0.25, -0.2) is 14.0 Å². The highest BCUT2D eigenvalue weighted by Crippen LogP contribution is 2.29. The minimum atomic E-state index is -2.14. The molecule has 9 heteroatoms. The van der Waals surface area contributed by atoms with E-state index in [1.807, 2.05) is 58.1 Å². The number of aromatic nitrogens is 1. The third-order valence-electron chi connectivity index (χ3n) is 4.04. The highest BCUT2D eigenvalue weighted by Gasteiger charge is 2.23. The summed E-state index contributed by atoms with van der Waals surface area (Å²) in [6.07, 6.45) is 9.28. The summed E-state index contributed by atoms with van der Waals surface area (Å²) in [4.78, 5) is 18.0. The van der Waals surface area contributed by atoms with E-state index in [0.717, 1.165) is 21.0 Å². The van der Waals surface area contributed by atoms with Gasteiger partial charge in [0.2, 0.25) is 0 Å². The zero-order valence-corrected chi connectivity index (χ0v) is 20.3. The van der Waals surface area contributed by atoms with Crippen molar-refractivity contribution in [1.29, 1.82) is 0 Å². The van der Waals surface area contributed by atoms with Crippen molar-refractivity contribution < 1.29 is 18.3 Å². The van der Waals surface area contributed by atoms with E-state index < -0.39 is 29.0 Å². The van der Waals surface area contributed by atoms with Gasteiger partial charge in [0.05, 0.1) is 10.9 Å². The van der Waals surface area contributed by atoms with Crippen molar-refractivity contribution in [3.05, 3.63) is 76.8 Å². The summed E-state index contributed by atoms with van der Waals surface area (Å²) in [5.74, 6) is 0. The van der Waals surface area contributed by atoms with Gasteiger partial charge in [-0.2, -0.15) is 0 Å². The Bertz CT molecular complexity index is 1000. The van der Waals surface area contributed by atoms with Crippen LogP contribution in [0.5, 0.6) is 0 Å². The summed E-state index contributed by atoms with van der Waals surface area (Å²) in [6.45, 7) is 11.1. The monoisotopic (exact) mass is 475 g/mol. The third kappa shape index (κ3) is 8.41. The summed E-state index contributed by atoms with van der Waals surface area (Å²) >= 11 is -0.651. The molecule has 0 saturated carbocycles. The molecule has 0 aliphatic heterocycles. The number of rotatable bonds is 9. The Morgan fingerprint density at radius 3 is 2.59 bits per heavy atom. The standard InChI is InChI=1S/C23H29N3O4S2/c1-6-8-17(9-7-2)20-15-24-21(31-20)19(25-22(27)30-23(3,4)5)14-16-10-12-18(13-11-16)26-32(28)29/h6-13,15,19,26H,1,14H2,2-5H3,(H,25,27)(H,28,29)/b9-7-,17-8+/t19-/m0/s1. The Balaban J connectivity index is 2.30. The van der Waals surface area contributed by atoms with Crippen molar-refractivity contribution >= 4 is 40.0 Å². The van der Waals surface area contributed by atoms with Gasteiger partial charge < -0.3 is 10.1 Å². The fourth-order valence-corrected chi connectivity index (χ4v) is 4.12. The number of alkyl carbamates (subject to hydrolysis) is 1. The Morgan fingerprint density at radius 2 is 2.03 bits per heavy atom. The number of allylic oxidation sites excluding steroid dienone is 5. The number of nitrogens with one attached hydrogen (secondary N) is 2. The van der Waals surface area contributed by atoms with Crippen LogP contribution in [-0.2, 0) is 22.4 Å². The van der Waals surface area contributed by atoms with Crippen LogP contribution in [-0.4, -0.2) is 25.4 Å². The first-order chi connectivity index (χ1) is 15.1. The second kappa shape index (κ2) is 11.8. The van der Waals surface area contributed by atoms with E-state index in [9.17, 15) is 9.00 Å². The molecule has 0 saturated heterocycles. The Morgan fingerprint density at radius 1 is 1.34 bits per heavy atom. The second-order valence-electron chi connectivity index (χ2n) is 7.87. The van der Waals surface area contributed by atoms with E-state index in [2.05, 4.69) is 21.6 Å². The van der Waals surface area contributed by atoms with Crippen molar-refractivity contribution in [3.8, 4) is 0 Å². The van der Waals surface area contributed by atoms with Crippen LogP contribution in [0.3, 0.4) is 0 Å². The fraction of sp³-hybridized carbons (Fsp3) is 0.304. The number of carbonyl (C=O) groups excluding carboxylic acids is 1. The highest BCUT2D eigenvalue weighted by atomic mass is 32.2. The number of carbonyl (C=O) groups is 1. The summed E-state index contributed by atoms with van der Waals surface area (Å²) in [7, 11) is 0. The average molecular weight is 476 g/mol. The van der Waals surface area contributed by atoms with Gasteiger partial charge in [-0.15, -0.1) is 11.3 Å². The quantitative estimate of drug-likeness (QED) is 0.322. The SMILES string of the molecule is C=C/C=C(\C=C/C)c1cnc([C@H](Cc2ccc(NS(=O)O)cc2)NC(=O)OC(C)(C)C)s1. The maximum absolute atomic E-state index is 12.5. The van der Waals surface area contributed by atoms with Gasteiger partial charge in [0.1, 0.15) is 10.6 Å². The molecule has 0 bridgehead atoms. The number of benzene rings is 1. The summed E-state index contributed by atoms with van der Waals surface area (Å²) < 4.78 is 27.7. The number of ether oxygens (including phenoxy) is 1. The number of anilines is 1. The predicted octanol–water partition coefficient (Wildman–Crippen LogP) is 5.65. The maximum Gasteiger partial charge on any atom is 0.408 e. The normalized spacial score (nSPS) is 14.1. The molecule has 7 nitrogen and oxygen atoms in total. The van der Waals surface area contributed by atoms with Crippen LogP contribution in [0.1, 0.15) is 49.2 Å². The van der Waals surface area contributed by atoms with Crippen LogP contribution in [0.4, 0.5) is 10.5 Å². The zero-order chi connectivity index (χ0) is 23.7. The molecule has 3 N–H and O–H groups in total. The number of nitrogens with zero attached hydrogens (tertiary/aromatic N) is 1. The molecular formula is C23H29N3O4S2. The molecule has 2 atom stereocenters. The van der Waals surface area contributed by atoms with Crippen LogP contribution in [0.15, 0.2) is 61.3 Å². The van der Waals surface area contributed by atoms with Crippen LogP contribution < -0.4 is 10.0 Å². The lowest BCUT2D eigenvalue weighted by molar-refractivity contribution is 0.0503. The molecule has 32 heavy (non-hydrogen) atoms. The van der Waals surface area contributed by atoms with Gasteiger partial charge in [-0.1, -0.05) is 43.0 Å². The van der Waals surface area contributed by atoms with Gasteiger partial charge in [0, 0.05) is 11.9 Å². The lowest BCUT2D eigenvalue weighted by Gasteiger charge is -2.23. The van der Waals surface area contributed by atoms with Gasteiger partial charge >= 0.3 is 6.09 Å². The highest BCUT2D eigenvalue weighted by molar-refractivity contribution is 7.80. The van der Waals surface area contributed by atoms with E-state index in [4.69, 9.17) is 9.29 Å². The maximum atomic E-state index is 12.5. The number of hydrogen-bond acceptors (Lipinski definition) is 5. The molecule has 2 rings (SSSR count). The minimum absolute atomic E-state index is 0.412. The van der Waals surface area contributed by atoms with E-state index in [1.165, 1.54) is 11.3 Å². The predicted molar refractivity (Wildman–Crippen MR) is 132 cm³/mol. The third-order valence-corrected chi connectivity index (χ3v) is 5.61. The van der Waals surface area contributed by atoms with Gasteiger partial charge in [0.25, 0.3) is 11.3 Å². The van der Waals surface area contributed by atoms with Crippen molar-refractivity contribution in [2.75, 3.05) is 4.72 Å². The number of amides is 1. The lowest BCUT2D eigenvalue weighted by Crippen LogP contribution is -2.35. The smallest absolute Gasteiger partial charge is 0.408 e. The van der Waals surface area contributed by atoms with Crippen LogP contribution in [0, 0.1) is 0 Å². The second-order valence-corrected chi connectivity index (χ2v) is 9.64. The topological polar surface area (TPSA) is 101 Å². The molecule has 1 unspecified atom stereocenters. The molecule has 0 radical (unpaired) electrons. The number of thiazole rings is 1. The molecule has 172 valence electrons. The lowest BCUT2D eigenvalue weighted by atomic mass is 10.1. The molecule has 0 aliphatic carbocycles. The first kappa shape index (κ1) is 25.5. The van der Waals surface area contributed by atoms with Crippen molar-refractivity contribution in [1.82, 2.24) is 10.3 Å². The van der Waals surface area contributed by atoms with Crippen LogP contribution >= 0.6 is 11.3 Å². The molecule has 1 aromatic heterocycles. The minimum Gasteiger partial charge on any atom is -0.444 e. The molecule has 0 aliphatic rings. The van der Waals surface area contributed by atoms with Gasteiger partial charge in [-0.05, 0) is 57.4 Å². The molecule has 1 aromatic carbocycles. The van der Waals surface area contributed by atoms with Crippen molar-refractivity contribution in [2.45, 2.75) is 45.8 Å². The average Bonchev–Trinajstić information content (AvgIpc) is 3.17. The first-order valence-corrected chi connectivity index (χ1v) is 11.9. The van der Waals surface area contributed by atoms with Gasteiger partial charge in [-0.3, -0.25) is 9.27 Å². The van der Waals surface area contributed by atoms with E-state index >= 15 is 0 Å². The molecule has 0 spiro atoms. The molecule has 0 fully saturated rings. The zero-order valence-electron chi connectivity index (χ0n) is 18.6. The number of hydrogen-bond donors (Lipinski definition) is 3. The fourth-order valence-electron chi connectivity index (χ4n) is 2.80. The van der Waals surface area contributed by atoms with Crippen molar-refractivity contribution in [3.63, 3.8) is 0 Å². The molecular weight excluding hydrogens is 446 g/mol. The summed E-state index contributed by atoms with van der Waals surface area (Å²) in [6, 6.07) is 6.66. The molecule has 2 aromatic rings. The van der Waals surface area contributed by atoms with E-state index in [1.54, 1.807) is 24.4 Å². The van der Waals surface area contributed by atoms with E-state index in [-0.39, 0.29) is 0 Å². The molecule has 1 amide bonds. The van der Waals surface area contributed by atoms with Crippen molar-refractivity contribution in [2.24, 2.45) is 0 Å². The largest absolute Gasteiger partial charge is 0.444 e. The van der Waals surface area contributed by atoms with Crippen LogP contribution in [0.2, 0.25) is 0 Å². The summed E-state index contributed by atoms with van der Waals surface area (Å²) in [5, 5.41) is 3.67. The molecule has 1 heterocycles. The van der Waals surface area contributed by atoms with E-state index in [0.29, 0.717) is 12.1 Å². The summed E-state index contributed by atoms with van der Waals surface area (Å²) in [5.41, 5.74) is 1.80. The van der Waals surface area contributed by atoms with Gasteiger partial charge in [0.15, 0.2) is 0 Å².